The number of anilines is 1. The van der Waals surface area contributed by atoms with Crippen LogP contribution in [0.25, 0.3) is 0 Å². The first kappa shape index (κ1) is 30.9. The zero-order valence-corrected chi connectivity index (χ0v) is 22.5. The van der Waals surface area contributed by atoms with Crippen molar-refractivity contribution in [3.8, 4) is 0 Å². The molecule has 0 aromatic carbocycles. The second-order valence-corrected chi connectivity index (χ2v) is 9.21. The fraction of sp³-hybridized carbons (Fsp3) is 0.654. The number of hydrogen-bond donors (Lipinski definition) is 1. The maximum atomic E-state index is 13.4. The Morgan fingerprint density at radius 2 is 1.50 bits per heavy atom. The number of amides is 1. The Morgan fingerprint density at radius 3 is 1.94 bits per heavy atom. The molecule has 0 fully saturated rings. The number of ether oxygens (including phenoxy) is 4. The molecule has 1 N–H and O–H groups in total. The normalized spacial score (nSPS) is 12.3. The van der Waals surface area contributed by atoms with E-state index in [2.05, 4.69) is 10.3 Å². The average molecular weight is 509 g/mol. The first-order valence-electron chi connectivity index (χ1n) is 12.4. The summed E-state index contributed by atoms with van der Waals surface area (Å²) in [6, 6.07) is 3.13. The minimum Gasteiger partial charge on any atom is -0.466 e. The average Bonchev–Trinajstić information content (AvgIpc) is 2.78. The van der Waals surface area contributed by atoms with E-state index in [-0.39, 0.29) is 38.5 Å². The number of pyridine rings is 1. The number of carbonyl (C=O) groups excluding carboxylic acids is 4. The Balaban J connectivity index is 3.47. The highest BCUT2D eigenvalue weighted by molar-refractivity contribution is 6.04. The summed E-state index contributed by atoms with van der Waals surface area (Å²) < 4.78 is 21.1. The number of unbranched alkanes of at least 4 members (excludes halogenated alkanes) is 1. The molecule has 0 aliphatic carbocycles. The molecule has 1 aromatic heterocycles. The van der Waals surface area contributed by atoms with Gasteiger partial charge in [-0.05, 0) is 59.6 Å². The molecule has 0 saturated heterocycles. The third-order valence-corrected chi connectivity index (χ3v) is 5.23. The molecule has 1 heterocycles. The molecule has 1 unspecified atom stereocenters. The van der Waals surface area contributed by atoms with Crippen molar-refractivity contribution in [1.29, 1.82) is 0 Å². The second kappa shape index (κ2) is 14.4. The highest BCUT2D eigenvalue weighted by Crippen LogP contribution is 2.39. The monoisotopic (exact) mass is 508 g/mol. The summed E-state index contributed by atoms with van der Waals surface area (Å²) in [5, 5.41) is 2.53. The van der Waals surface area contributed by atoms with E-state index < -0.39 is 40.9 Å². The lowest BCUT2D eigenvalue weighted by Crippen LogP contribution is -2.52. The summed E-state index contributed by atoms with van der Waals surface area (Å²) in [6.07, 6.45) is 2.11. The Morgan fingerprint density at radius 1 is 0.917 bits per heavy atom. The van der Waals surface area contributed by atoms with Crippen molar-refractivity contribution in [1.82, 2.24) is 4.98 Å². The second-order valence-electron chi connectivity index (χ2n) is 9.21. The molecule has 0 bridgehead atoms. The first-order chi connectivity index (χ1) is 16.9. The van der Waals surface area contributed by atoms with E-state index in [1.165, 1.54) is 12.3 Å². The number of nitrogens with one attached hydrogen (secondary N) is 1. The number of carbonyl (C=O) groups is 4. The number of rotatable bonds is 13. The first-order valence-corrected chi connectivity index (χ1v) is 12.4. The minimum absolute atomic E-state index is 0.0142. The zero-order valence-electron chi connectivity index (χ0n) is 22.5. The van der Waals surface area contributed by atoms with Gasteiger partial charge in [-0.1, -0.05) is 25.8 Å². The van der Waals surface area contributed by atoms with Gasteiger partial charge in [0.1, 0.15) is 11.4 Å². The van der Waals surface area contributed by atoms with Crippen LogP contribution in [0.4, 0.5) is 10.6 Å². The van der Waals surface area contributed by atoms with Crippen molar-refractivity contribution >= 4 is 29.8 Å². The van der Waals surface area contributed by atoms with Crippen LogP contribution in [0.2, 0.25) is 0 Å². The SMILES string of the molecule is CCCCC(C(=O)OCC)C(Cc1ccc(NC(=O)OC(C)(C)C)nc1)(C(=O)OCC)C(=O)OCC. The molecule has 0 radical (unpaired) electrons. The maximum absolute atomic E-state index is 13.4. The van der Waals surface area contributed by atoms with E-state index in [0.717, 1.165) is 6.42 Å². The van der Waals surface area contributed by atoms with Crippen LogP contribution in [0.3, 0.4) is 0 Å². The predicted molar refractivity (Wildman–Crippen MR) is 133 cm³/mol. The molecule has 0 spiro atoms. The van der Waals surface area contributed by atoms with Crippen molar-refractivity contribution in [2.24, 2.45) is 11.3 Å². The van der Waals surface area contributed by atoms with E-state index in [1.54, 1.807) is 47.6 Å². The van der Waals surface area contributed by atoms with Gasteiger partial charge in [-0.3, -0.25) is 19.7 Å². The Kier molecular flexibility index (Phi) is 12.3. The Labute approximate surface area is 213 Å². The van der Waals surface area contributed by atoms with Gasteiger partial charge in [0.25, 0.3) is 0 Å². The predicted octanol–water partition coefficient (Wildman–Crippen LogP) is 4.45. The molecule has 10 heteroatoms. The molecule has 202 valence electrons. The maximum Gasteiger partial charge on any atom is 0.413 e. The van der Waals surface area contributed by atoms with Gasteiger partial charge >= 0.3 is 24.0 Å². The molecular weight excluding hydrogens is 468 g/mol. The number of aromatic nitrogens is 1. The highest BCUT2D eigenvalue weighted by Gasteiger charge is 2.58. The van der Waals surface area contributed by atoms with Crippen molar-refractivity contribution in [3.63, 3.8) is 0 Å². The lowest BCUT2D eigenvalue weighted by Gasteiger charge is -2.35. The summed E-state index contributed by atoms with van der Waals surface area (Å²) in [6.45, 7) is 12.2. The molecule has 0 aliphatic rings. The van der Waals surface area contributed by atoms with Crippen LogP contribution in [-0.4, -0.2) is 54.4 Å². The van der Waals surface area contributed by atoms with E-state index >= 15 is 0 Å². The third kappa shape index (κ3) is 8.80. The molecule has 1 atom stereocenters. The molecule has 1 aromatic rings. The van der Waals surface area contributed by atoms with Gasteiger partial charge < -0.3 is 18.9 Å². The van der Waals surface area contributed by atoms with E-state index in [0.29, 0.717) is 12.0 Å². The summed E-state index contributed by atoms with van der Waals surface area (Å²) in [5.74, 6) is -3.26. The van der Waals surface area contributed by atoms with Crippen molar-refractivity contribution in [2.75, 3.05) is 25.1 Å². The van der Waals surface area contributed by atoms with Gasteiger partial charge in [0.15, 0.2) is 5.41 Å². The van der Waals surface area contributed by atoms with Crippen molar-refractivity contribution in [2.45, 2.75) is 79.8 Å². The van der Waals surface area contributed by atoms with Gasteiger partial charge in [-0.25, -0.2) is 9.78 Å². The third-order valence-electron chi connectivity index (χ3n) is 5.23. The zero-order chi connectivity index (χ0) is 27.4. The van der Waals surface area contributed by atoms with Crippen LogP contribution in [0.15, 0.2) is 18.3 Å². The molecule has 36 heavy (non-hydrogen) atoms. The standard InChI is InChI=1S/C26H40N2O8/c1-8-12-13-19(21(29)33-9-2)26(22(30)34-10-3,23(31)35-11-4)16-18-14-15-20(27-17-18)28-24(32)36-25(5,6)7/h14-15,17,19H,8-13,16H2,1-7H3,(H,27,28,32). The largest absolute Gasteiger partial charge is 0.466 e. The number of nitrogens with zero attached hydrogens (tertiary/aromatic N) is 1. The van der Waals surface area contributed by atoms with E-state index in [9.17, 15) is 19.2 Å². The Bertz CT molecular complexity index is 859. The van der Waals surface area contributed by atoms with Crippen LogP contribution < -0.4 is 5.32 Å². The quantitative estimate of drug-likeness (QED) is 0.233. The molecule has 10 nitrogen and oxygen atoms in total. The lowest BCUT2D eigenvalue weighted by atomic mass is 9.69. The topological polar surface area (TPSA) is 130 Å². The molecule has 0 saturated carbocycles. The summed E-state index contributed by atoms with van der Waals surface area (Å²) in [5.41, 5.74) is -2.17. The van der Waals surface area contributed by atoms with Crippen LogP contribution in [0.5, 0.6) is 0 Å². The van der Waals surface area contributed by atoms with Crippen LogP contribution in [0.1, 0.15) is 73.3 Å². The Hall–Kier alpha value is -3.17. The molecule has 1 rings (SSSR count). The van der Waals surface area contributed by atoms with Gasteiger partial charge in [0.2, 0.25) is 0 Å². The van der Waals surface area contributed by atoms with Crippen molar-refractivity contribution < 1.29 is 38.1 Å². The summed E-state index contributed by atoms with van der Waals surface area (Å²) in [7, 11) is 0. The van der Waals surface area contributed by atoms with Crippen LogP contribution >= 0.6 is 0 Å². The van der Waals surface area contributed by atoms with E-state index in [1.807, 2.05) is 6.92 Å². The highest BCUT2D eigenvalue weighted by atomic mass is 16.6. The van der Waals surface area contributed by atoms with E-state index in [4.69, 9.17) is 18.9 Å². The van der Waals surface area contributed by atoms with Crippen LogP contribution in [-0.2, 0) is 39.8 Å². The van der Waals surface area contributed by atoms with Gasteiger partial charge in [-0.2, -0.15) is 0 Å². The molecule has 0 aliphatic heterocycles. The molecule has 1 amide bonds. The van der Waals surface area contributed by atoms with Gasteiger partial charge in [0.05, 0.1) is 25.7 Å². The fourth-order valence-corrected chi connectivity index (χ4v) is 3.70. The number of esters is 3. The van der Waals surface area contributed by atoms with Crippen molar-refractivity contribution in [3.05, 3.63) is 23.9 Å². The van der Waals surface area contributed by atoms with Gasteiger partial charge in [-0.15, -0.1) is 0 Å². The summed E-state index contributed by atoms with van der Waals surface area (Å²) in [4.78, 5) is 56.2. The summed E-state index contributed by atoms with van der Waals surface area (Å²) >= 11 is 0. The van der Waals surface area contributed by atoms with Gasteiger partial charge in [0, 0.05) is 12.6 Å². The lowest BCUT2D eigenvalue weighted by molar-refractivity contribution is -0.184. The molecular formula is C26H40N2O8. The smallest absolute Gasteiger partial charge is 0.413 e. The van der Waals surface area contributed by atoms with Crippen LogP contribution in [0, 0.1) is 11.3 Å². The number of hydrogen-bond acceptors (Lipinski definition) is 9. The fourth-order valence-electron chi connectivity index (χ4n) is 3.70. The minimum atomic E-state index is -1.96.